The molecule has 1 aliphatic heterocycles. The number of anilines is 1. The van der Waals surface area contributed by atoms with Crippen molar-refractivity contribution in [3.8, 4) is 28.9 Å². The fourth-order valence-corrected chi connectivity index (χ4v) is 3.37. The van der Waals surface area contributed by atoms with Crippen LogP contribution in [0, 0.1) is 6.92 Å². The number of carbonyl (C=O) groups excluding carboxylic acids is 1. The Labute approximate surface area is 184 Å². The minimum absolute atomic E-state index is 0.125. The van der Waals surface area contributed by atoms with Crippen LogP contribution in [-0.2, 0) is 11.2 Å². The van der Waals surface area contributed by atoms with Gasteiger partial charge in [-0.3, -0.25) is 4.79 Å². The summed E-state index contributed by atoms with van der Waals surface area (Å²) in [6, 6.07) is 18.3. The van der Waals surface area contributed by atoms with Gasteiger partial charge in [0.1, 0.15) is 17.4 Å². The van der Waals surface area contributed by atoms with Gasteiger partial charge in [-0.2, -0.15) is 4.98 Å². The van der Waals surface area contributed by atoms with E-state index >= 15 is 0 Å². The van der Waals surface area contributed by atoms with Crippen molar-refractivity contribution in [3.63, 3.8) is 0 Å². The van der Waals surface area contributed by atoms with E-state index in [4.69, 9.17) is 14.2 Å². The first-order chi connectivity index (χ1) is 15.6. The summed E-state index contributed by atoms with van der Waals surface area (Å²) in [6.45, 7) is 2.03. The van der Waals surface area contributed by atoms with Crippen LogP contribution in [-0.4, -0.2) is 27.2 Å². The summed E-state index contributed by atoms with van der Waals surface area (Å²) >= 11 is 0. The van der Waals surface area contributed by atoms with Crippen molar-refractivity contribution in [3.05, 3.63) is 84.4 Å². The van der Waals surface area contributed by atoms with Crippen LogP contribution in [0.5, 0.6) is 23.1 Å². The number of hydrogen-bond donors (Lipinski definition) is 1. The van der Waals surface area contributed by atoms with Crippen molar-refractivity contribution >= 4 is 11.6 Å². The number of aryl methyl sites for hydroxylation is 1. The first-order valence-corrected chi connectivity index (χ1v) is 10.1. The van der Waals surface area contributed by atoms with E-state index in [-0.39, 0.29) is 19.1 Å². The molecule has 0 aliphatic carbocycles. The number of benzene rings is 2. The number of aromatic nitrogens is 3. The standard InChI is InChI=1S/C24H20N4O4/c1-16-25-22(28-10-2-3-11-28)14-24(26-16)32-19-7-5-18(6-8-19)27-23(29)13-17-4-9-20-21(12-17)31-15-30-20/h2-12,14H,13,15H2,1H3,(H,27,29). The SMILES string of the molecule is Cc1nc(Oc2ccc(NC(=O)Cc3ccc4c(c3)OCO4)cc2)cc(-n2cccc2)n1. The molecule has 2 aromatic heterocycles. The average molecular weight is 428 g/mol. The molecule has 8 nitrogen and oxygen atoms in total. The maximum atomic E-state index is 12.4. The maximum Gasteiger partial charge on any atom is 0.231 e. The third-order valence-electron chi connectivity index (χ3n) is 4.83. The molecule has 4 aromatic rings. The van der Waals surface area contributed by atoms with Crippen LogP contribution in [0.4, 0.5) is 5.69 Å². The normalized spacial score (nSPS) is 11.9. The Morgan fingerprint density at radius 1 is 1.03 bits per heavy atom. The zero-order valence-electron chi connectivity index (χ0n) is 17.3. The second-order valence-electron chi connectivity index (χ2n) is 7.24. The van der Waals surface area contributed by atoms with Crippen LogP contribution >= 0.6 is 0 Å². The highest BCUT2D eigenvalue weighted by Gasteiger charge is 2.14. The van der Waals surface area contributed by atoms with E-state index in [9.17, 15) is 4.79 Å². The molecule has 160 valence electrons. The molecular weight excluding hydrogens is 408 g/mol. The molecule has 0 atom stereocenters. The Balaban J connectivity index is 1.22. The van der Waals surface area contributed by atoms with Crippen LogP contribution < -0.4 is 19.5 Å². The van der Waals surface area contributed by atoms with E-state index in [2.05, 4.69) is 15.3 Å². The number of carbonyl (C=O) groups is 1. The number of nitrogens with zero attached hydrogens (tertiary/aromatic N) is 3. The molecule has 3 heterocycles. The highest BCUT2D eigenvalue weighted by atomic mass is 16.7. The van der Waals surface area contributed by atoms with Gasteiger partial charge in [0.2, 0.25) is 18.6 Å². The summed E-state index contributed by atoms with van der Waals surface area (Å²) < 4.78 is 18.4. The fraction of sp³-hybridized carbons (Fsp3) is 0.125. The second-order valence-corrected chi connectivity index (χ2v) is 7.24. The molecule has 0 saturated heterocycles. The maximum absolute atomic E-state index is 12.4. The van der Waals surface area contributed by atoms with Gasteiger partial charge >= 0.3 is 0 Å². The van der Waals surface area contributed by atoms with Crippen molar-refractivity contribution < 1.29 is 19.0 Å². The van der Waals surface area contributed by atoms with E-state index in [0.717, 1.165) is 11.4 Å². The van der Waals surface area contributed by atoms with Gasteiger partial charge in [-0.25, -0.2) is 4.98 Å². The zero-order valence-corrected chi connectivity index (χ0v) is 17.3. The van der Waals surface area contributed by atoms with Crippen molar-refractivity contribution in [2.24, 2.45) is 0 Å². The minimum Gasteiger partial charge on any atom is -0.454 e. The van der Waals surface area contributed by atoms with Gasteiger partial charge < -0.3 is 24.1 Å². The molecule has 1 aliphatic rings. The van der Waals surface area contributed by atoms with Crippen molar-refractivity contribution in [1.82, 2.24) is 14.5 Å². The summed E-state index contributed by atoms with van der Waals surface area (Å²) in [5.41, 5.74) is 1.53. The predicted octanol–water partition coefficient (Wildman–Crippen LogP) is 4.28. The molecule has 0 radical (unpaired) electrons. The number of ether oxygens (including phenoxy) is 3. The lowest BCUT2D eigenvalue weighted by atomic mass is 10.1. The number of fused-ring (bicyclic) bond motifs is 1. The first-order valence-electron chi connectivity index (χ1n) is 10.1. The van der Waals surface area contributed by atoms with E-state index in [1.165, 1.54) is 0 Å². The molecular formula is C24H20N4O4. The zero-order chi connectivity index (χ0) is 21.9. The number of hydrogen-bond acceptors (Lipinski definition) is 6. The Morgan fingerprint density at radius 2 is 1.81 bits per heavy atom. The van der Waals surface area contributed by atoms with Gasteiger partial charge in [0.05, 0.1) is 6.42 Å². The molecule has 5 rings (SSSR count). The highest BCUT2D eigenvalue weighted by molar-refractivity contribution is 5.92. The largest absolute Gasteiger partial charge is 0.454 e. The van der Waals surface area contributed by atoms with Crippen LogP contribution in [0.15, 0.2) is 73.1 Å². The number of nitrogens with one attached hydrogen (secondary N) is 1. The molecule has 0 bridgehead atoms. The van der Waals surface area contributed by atoms with Gasteiger partial charge in [0.15, 0.2) is 11.5 Å². The predicted molar refractivity (Wildman–Crippen MR) is 118 cm³/mol. The molecule has 0 fully saturated rings. The minimum atomic E-state index is -0.125. The monoisotopic (exact) mass is 428 g/mol. The lowest BCUT2D eigenvalue weighted by Crippen LogP contribution is -2.14. The van der Waals surface area contributed by atoms with Crippen molar-refractivity contribution in [2.45, 2.75) is 13.3 Å². The average Bonchev–Trinajstić information content (AvgIpc) is 3.46. The van der Waals surface area contributed by atoms with Crippen LogP contribution in [0.1, 0.15) is 11.4 Å². The summed E-state index contributed by atoms with van der Waals surface area (Å²) in [4.78, 5) is 21.2. The van der Waals surface area contributed by atoms with Gasteiger partial charge in [0, 0.05) is 24.1 Å². The smallest absolute Gasteiger partial charge is 0.231 e. The van der Waals surface area contributed by atoms with E-state index in [1.807, 2.05) is 54.2 Å². The Bertz CT molecular complexity index is 1250. The van der Waals surface area contributed by atoms with Gasteiger partial charge in [-0.05, 0) is 61.0 Å². The van der Waals surface area contributed by atoms with Gasteiger partial charge in [-0.1, -0.05) is 6.07 Å². The van der Waals surface area contributed by atoms with E-state index < -0.39 is 0 Å². The van der Waals surface area contributed by atoms with Crippen LogP contribution in [0.3, 0.4) is 0 Å². The van der Waals surface area contributed by atoms with Crippen molar-refractivity contribution in [1.29, 1.82) is 0 Å². The molecule has 2 aromatic carbocycles. The molecule has 1 N–H and O–H groups in total. The van der Waals surface area contributed by atoms with E-state index in [0.29, 0.717) is 34.6 Å². The third-order valence-corrected chi connectivity index (χ3v) is 4.83. The van der Waals surface area contributed by atoms with Crippen molar-refractivity contribution in [2.75, 3.05) is 12.1 Å². The Hall–Kier alpha value is -4.33. The van der Waals surface area contributed by atoms with Gasteiger partial charge in [-0.15, -0.1) is 0 Å². The molecule has 0 spiro atoms. The molecule has 32 heavy (non-hydrogen) atoms. The van der Waals surface area contributed by atoms with Crippen LogP contribution in [0.25, 0.3) is 5.82 Å². The number of rotatable bonds is 6. The summed E-state index contributed by atoms with van der Waals surface area (Å²) in [7, 11) is 0. The number of amides is 1. The Kier molecular flexibility index (Phi) is 5.17. The summed E-state index contributed by atoms with van der Waals surface area (Å²) in [5, 5.41) is 2.89. The third kappa shape index (κ3) is 4.39. The molecule has 8 heteroatoms. The lowest BCUT2D eigenvalue weighted by molar-refractivity contribution is -0.115. The summed E-state index contributed by atoms with van der Waals surface area (Å²) in [6.07, 6.45) is 4.05. The topological polar surface area (TPSA) is 87.5 Å². The fourth-order valence-electron chi connectivity index (χ4n) is 3.37. The lowest BCUT2D eigenvalue weighted by Gasteiger charge is -2.10. The molecule has 0 unspecified atom stereocenters. The van der Waals surface area contributed by atoms with E-state index in [1.54, 1.807) is 30.3 Å². The summed E-state index contributed by atoms with van der Waals surface area (Å²) in [5.74, 6) is 3.63. The molecule has 1 amide bonds. The van der Waals surface area contributed by atoms with Crippen LogP contribution in [0.2, 0.25) is 0 Å². The molecule has 0 saturated carbocycles. The van der Waals surface area contributed by atoms with Gasteiger partial charge in [0.25, 0.3) is 0 Å². The first kappa shape index (κ1) is 19.6. The second kappa shape index (κ2) is 8.43. The Morgan fingerprint density at radius 3 is 2.62 bits per heavy atom. The highest BCUT2D eigenvalue weighted by Crippen LogP contribution is 2.32. The quantitative estimate of drug-likeness (QED) is 0.493.